The Bertz CT molecular complexity index is 1650. The Kier molecular flexibility index (Phi) is 11.7. The Morgan fingerprint density at radius 1 is 0.978 bits per heavy atom. The number of aryl methyl sites for hydroxylation is 1. The summed E-state index contributed by atoms with van der Waals surface area (Å²) in [6.07, 6.45) is 4.22. The molecule has 0 aliphatic rings. The van der Waals surface area contributed by atoms with Gasteiger partial charge in [0.05, 0.1) is 10.7 Å². The molecule has 2 aromatic heterocycles. The van der Waals surface area contributed by atoms with E-state index in [1.54, 1.807) is 10.6 Å². The number of fused-ring (bicyclic) bond motifs is 1. The number of nitrogens with zero attached hydrogens (tertiary/aromatic N) is 2. The average molecular weight is 664 g/mol. The van der Waals surface area contributed by atoms with E-state index in [0.717, 1.165) is 46.3 Å². The third kappa shape index (κ3) is 10.4. The lowest BCUT2D eigenvalue weighted by Gasteiger charge is -2.24. The highest BCUT2D eigenvalue weighted by Crippen LogP contribution is 2.44. The van der Waals surface area contributed by atoms with E-state index in [9.17, 15) is 18.0 Å². The molecular formula is C34H45ClF3N5OS. The summed E-state index contributed by atoms with van der Waals surface area (Å²) < 4.78 is 39.7. The first-order valence-corrected chi connectivity index (χ1v) is 16.2. The molecule has 2 heterocycles. The Morgan fingerprint density at radius 2 is 1.60 bits per heavy atom. The summed E-state index contributed by atoms with van der Waals surface area (Å²) in [5, 5.41) is 1.12. The number of halogens is 4. The van der Waals surface area contributed by atoms with E-state index in [2.05, 4.69) is 36.8 Å². The number of hydrogen-bond acceptors (Lipinski definition) is 5. The Hall–Kier alpha value is -2.79. The number of H-pyrrole nitrogens is 1. The summed E-state index contributed by atoms with van der Waals surface area (Å²) in [6.45, 7) is 16.1. The van der Waals surface area contributed by atoms with Gasteiger partial charge in [0.2, 0.25) is 0 Å². The molecule has 0 aliphatic heterocycles. The number of thioether (sulfide) groups is 1. The second-order valence-electron chi connectivity index (χ2n) is 13.6. The minimum absolute atomic E-state index is 0.0203. The maximum Gasteiger partial charge on any atom is 0.446 e. The quantitative estimate of drug-likeness (QED) is 0.171. The smallest absolute Gasteiger partial charge is 0.343 e. The van der Waals surface area contributed by atoms with Crippen molar-refractivity contribution >= 4 is 34.4 Å². The molecule has 0 spiro atoms. The molecule has 0 aliphatic carbocycles. The van der Waals surface area contributed by atoms with Gasteiger partial charge in [-0.25, -0.2) is 4.79 Å². The minimum atomic E-state index is -4.34. The van der Waals surface area contributed by atoms with Crippen LogP contribution in [-0.4, -0.2) is 26.1 Å². The molecule has 6 nitrogen and oxygen atoms in total. The zero-order chi connectivity index (χ0) is 33.9. The predicted octanol–water partition coefficient (Wildman–Crippen LogP) is 8.95. The normalized spacial score (nSPS) is 13.8. The van der Waals surface area contributed by atoms with Crippen molar-refractivity contribution in [3.05, 3.63) is 86.6 Å². The van der Waals surface area contributed by atoms with E-state index in [1.807, 2.05) is 71.1 Å². The van der Waals surface area contributed by atoms with E-state index in [1.165, 1.54) is 0 Å². The molecule has 5 N–H and O–H groups in total. The number of rotatable bonds is 7. The minimum Gasteiger partial charge on any atom is -0.343 e. The molecule has 4 aromatic rings. The van der Waals surface area contributed by atoms with Gasteiger partial charge in [-0.3, -0.25) is 4.57 Å². The maximum absolute atomic E-state index is 12.7. The van der Waals surface area contributed by atoms with Gasteiger partial charge in [0.25, 0.3) is 0 Å². The van der Waals surface area contributed by atoms with Gasteiger partial charge in [-0.15, -0.1) is 0 Å². The topological polar surface area (TPSA) is 103 Å². The number of nitrogens with two attached hydrogens (primary N) is 2. The van der Waals surface area contributed by atoms with Gasteiger partial charge in [-0.05, 0) is 91.2 Å². The van der Waals surface area contributed by atoms with Crippen molar-refractivity contribution in [2.24, 2.45) is 11.5 Å². The zero-order valence-corrected chi connectivity index (χ0v) is 28.8. The highest BCUT2D eigenvalue weighted by atomic mass is 35.5. The summed E-state index contributed by atoms with van der Waals surface area (Å²) in [6, 6.07) is 13.3. The zero-order valence-electron chi connectivity index (χ0n) is 27.3. The van der Waals surface area contributed by atoms with Crippen LogP contribution in [0.15, 0.2) is 58.4 Å². The largest absolute Gasteiger partial charge is 0.446 e. The third-order valence-electron chi connectivity index (χ3n) is 7.27. The molecular weight excluding hydrogens is 619 g/mol. The summed E-state index contributed by atoms with van der Waals surface area (Å²) in [4.78, 5) is 19.8. The molecule has 0 bridgehead atoms. The van der Waals surface area contributed by atoms with Gasteiger partial charge in [0, 0.05) is 39.7 Å². The molecule has 4 rings (SSSR count). The second kappa shape index (κ2) is 14.3. The molecule has 0 fully saturated rings. The molecule has 2 atom stereocenters. The van der Waals surface area contributed by atoms with Gasteiger partial charge >= 0.3 is 11.2 Å². The van der Waals surface area contributed by atoms with Crippen molar-refractivity contribution in [2.75, 3.05) is 0 Å². The second-order valence-corrected chi connectivity index (χ2v) is 15.1. The highest BCUT2D eigenvalue weighted by molar-refractivity contribution is 8.00. The molecule has 0 radical (unpaired) electrons. The third-order valence-corrected chi connectivity index (χ3v) is 8.56. The Labute approximate surface area is 273 Å². The predicted molar refractivity (Wildman–Crippen MR) is 182 cm³/mol. The number of hydrogen-bond donors (Lipinski definition) is 3. The number of aromatic nitrogens is 3. The van der Waals surface area contributed by atoms with Crippen molar-refractivity contribution in [3.63, 3.8) is 0 Å². The van der Waals surface area contributed by atoms with Crippen LogP contribution in [-0.2, 0) is 17.3 Å². The van der Waals surface area contributed by atoms with Gasteiger partial charge in [0.15, 0.2) is 0 Å². The first-order valence-electron chi connectivity index (χ1n) is 15.0. The number of benzene rings is 2. The molecule has 2 aromatic carbocycles. The van der Waals surface area contributed by atoms with Crippen LogP contribution in [0.2, 0.25) is 5.02 Å². The number of nitrogens with one attached hydrogen (secondary N) is 1. The Balaban J connectivity index is 0.000000246. The summed E-state index contributed by atoms with van der Waals surface area (Å²) >= 11 is 6.07. The molecule has 45 heavy (non-hydrogen) atoms. The standard InChI is InChI=1S/C18H22N4O.C16H23ClF3NS/c1-11(19)12-5-7-14(8-6-12)22-10-13-9-15(18(2,3)4)20-16(13)21-17(22)23;1-10(21)6-5-7-11-8-12(15(2,3)4)14(17)13(9-11)22-16(18,19)20/h5-11H,19H2,1-4H3,(H,20,21,23);8-10H,5-7,21H2,1-4H3/t11-;10-/m10/s1. The van der Waals surface area contributed by atoms with Crippen LogP contribution in [0, 0.1) is 0 Å². The van der Waals surface area contributed by atoms with Crippen LogP contribution in [0.25, 0.3) is 16.7 Å². The van der Waals surface area contributed by atoms with Crippen molar-refractivity contribution in [3.8, 4) is 5.69 Å². The van der Waals surface area contributed by atoms with E-state index < -0.39 is 5.51 Å². The fraction of sp³-hybridized carbons (Fsp3) is 0.471. The lowest BCUT2D eigenvalue weighted by Crippen LogP contribution is -2.20. The number of aromatic amines is 1. The maximum atomic E-state index is 12.7. The van der Waals surface area contributed by atoms with E-state index >= 15 is 0 Å². The SMILES string of the molecule is C[C@@H](N)c1ccc(-n2cc3cc(C(C)(C)C)[nH]c3nc2=O)cc1.C[C@H](N)CCCc1cc(SC(F)(F)F)c(Cl)c(C(C)(C)C)c1. The van der Waals surface area contributed by atoms with Gasteiger partial charge in [-0.2, -0.15) is 18.2 Å². The van der Waals surface area contributed by atoms with Crippen LogP contribution in [0.3, 0.4) is 0 Å². The van der Waals surface area contributed by atoms with Crippen LogP contribution in [0.5, 0.6) is 0 Å². The lowest BCUT2D eigenvalue weighted by molar-refractivity contribution is -0.0328. The van der Waals surface area contributed by atoms with Crippen molar-refractivity contribution in [2.45, 2.75) is 108 Å². The van der Waals surface area contributed by atoms with E-state index in [-0.39, 0.29) is 50.3 Å². The van der Waals surface area contributed by atoms with Crippen molar-refractivity contribution in [1.82, 2.24) is 14.5 Å². The van der Waals surface area contributed by atoms with Gasteiger partial charge in [-0.1, -0.05) is 71.3 Å². The monoisotopic (exact) mass is 663 g/mol. The van der Waals surface area contributed by atoms with Crippen LogP contribution in [0.1, 0.15) is 96.7 Å². The summed E-state index contributed by atoms with van der Waals surface area (Å²) in [5.41, 5.74) is 11.7. The molecule has 0 saturated heterocycles. The fourth-order valence-corrected chi connectivity index (χ4v) is 5.86. The summed E-state index contributed by atoms with van der Waals surface area (Å²) in [5.74, 6) is 0. The molecule has 0 saturated carbocycles. The van der Waals surface area contributed by atoms with Crippen molar-refractivity contribution < 1.29 is 13.2 Å². The van der Waals surface area contributed by atoms with Crippen LogP contribution < -0.4 is 17.2 Å². The fourth-order valence-electron chi connectivity index (χ4n) is 4.69. The van der Waals surface area contributed by atoms with Crippen LogP contribution in [0.4, 0.5) is 13.2 Å². The summed E-state index contributed by atoms with van der Waals surface area (Å²) in [7, 11) is 0. The molecule has 0 amide bonds. The van der Waals surface area contributed by atoms with Crippen LogP contribution >= 0.6 is 23.4 Å². The molecule has 0 unspecified atom stereocenters. The van der Waals surface area contributed by atoms with E-state index in [4.69, 9.17) is 23.1 Å². The van der Waals surface area contributed by atoms with Gasteiger partial charge < -0.3 is 16.5 Å². The average Bonchev–Trinajstić information content (AvgIpc) is 3.32. The molecule has 246 valence electrons. The van der Waals surface area contributed by atoms with E-state index in [0.29, 0.717) is 12.1 Å². The lowest BCUT2D eigenvalue weighted by atomic mass is 9.85. The molecule has 11 heteroatoms. The van der Waals surface area contributed by atoms with Crippen molar-refractivity contribution in [1.29, 1.82) is 0 Å². The first kappa shape index (κ1) is 36.7. The van der Waals surface area contributed by atoms with Gasteiger partial charge in [0.1, 0.15) is 5.65 Å². The number of alkyl halides is 3. The highest BCUT2D eigenvalue weighted by Gasteiger charge is 2.32. The Morgan fingerprint density at radius 3 is 2.11 bits per heavy atom. The first-order chi connectivity index (χ1) is 20.7.